The molecule has 1 N–H and O–H groups in total. The van der Waals surface area contributed by atoms with E-state index in [0.717, 1.165) is 12.8 Å². The van der Waals surface area contributed by atoms with Gasteiger partial charge in [-0.1, -0.05) is 5.16 Å². The first-order chi connectivity index (χ1) is 9.29. The van der Waals surface area contributed by atoms with Crippen molar-refractivity contribution >= 4 is 5.91 Å². The van der Waals surface area contributed by atoms with Gasteiger partial charge in [0.15, 0.2) is 11.5 Å². The van der Waals surface area contributed by atoms with Crippen molar-refractivity contribution in [3.63, 3.8) is 0 Å². The van der Waals surface area contributed by atoms with E-state index in [0.29, 0.717) is 18.1 Å². The van der Waals surface area contributed by atoms with Crippen LogP contribution in [0.15, 0.2) is 33.4 Å². The largest absolute Gasteiger partial charge is 0.461 e. The molecule has 0 radical (unpaired) electrons. The average molecular weight is 262 g/mol. The minimum absolute atomic E-state index is 0.0505. The number of amides is 1. The first kappa shape index (κ1) is 12.0. The number of hydrogen-bond donors (Lipinski definition) is 1. The summed E-state index contributed by atoms with van der Waals surface area (Å²) in [6.07, 6.45) is 3.49. The number of aliphatic hydroxyl groups excluding tert-OH is 1. The maximum atomic E-state index is 12.3. The van der Waals surface area contributed by atoms with Crippen LogP contribution in [0.3, 0.4) is 0 Å². The number of aromatic nitrogens is 1. The van der Waals surface area contributed by atoms with Crippen LogP contribution in [-0.4, -0.2) is 40.3 Å². The Balaban J connectivity index is 1.79. The molecule has 0 unspecified atom stereocenters. The van der Waals surface area contributed by atoms with Crippen molar-refractivity contribution < 1.29 is 18.8 Å². The van der Waals surface area contributed by atoms with Crippen LogP contribution in [0.1, 0.15) is 23.3 Å². The fourth-order valence-electron chi connectivity index (χ4n) is 2.00. The summed E-state index contributed by atoms with van der Waals surface area (Å²) in [6, 6.07) is 5.26. The number of furan rings is 1. The lowest BCUT2D eigenvalue weighted by atomic mass is 10.3. The second kappa shape index (κ2) is 4.89. The predicted octanol–water partition coefficient (Wildman–Crippen LogP) is 1.53. The molecule has 0 saturated heterocycles. The van der Waals surface area contributed by atoms with Gasteiger partial charge in [-0.2, -0.15) is 0 Å². The monoisotopic (exact) mass is 262 g/mol. The molecule has 19 heavy (non-hydrogen) atoms. The van der Waals surface area contributed by atoms with Crippen LogP contribution in [0.2, 0.25) is 0 Å². The summed E-state index contributed by atoms with van der Waals surface area (Å²) in [4.78, 5) is 13.9. The van der Waals surface area contributed by atoms with Gasteiger partial charge in [0.25, 0.3) is 5.91 Å². The van der Waals surface area contributed by atoms with E-state index < -0.39 is 0 Å². The van der Waals surface area contributed by atoms with Crippen LogP contribution < -0.4 is 0 Å². The molecule has 1 amide bonds. The maximum absolute atomic E-state index is 12.3. The van der Waals surface area contributed by atoms with E-state index in [1.165, 1.54) is 6.26 Å². The van der Waals surface area contributed by atoms with Gasteiger partial charge < -0.3 is 18.9 Å². The highest BCUT2D eigenvalue weighted by Gasteiger charge is 2.34. The van der Waals surface area contributed by atoms with Gasteiger partial charge in [-0.05, 0) is 25.0 Å². The van der Waals surface area contributed by atoms with Gasteiger partial charge in [0.1, 0.15) is 0 Å². The van der Waals surface area contributed by atoms with Crippen LogP contribution in [0.25, 0.3) is 11.5 Å². The maximum Gasteiger partial charge on any atom is 0.276 e. The van der Waals surface area contributed by atoms with E-state index in [-0.39, 0.29) is 24.2 Å². The van der Waals surface area contributed by atoms with Crippen molar-refractivity contribution in [2.24, 2.45) is 0 Å². The molecule has 1 aliphatic carbocycles. The van der Waals surface area contributed by atoms with E-state index in [1.54, 1.807) is 23.1 Å². The molecule has 1 fully saturated rings. The molecule has 1 saturated carbocycles. The molecule has 6 heteroatoms. The summed E-state index contributed by atoms with van der Waals surface area (Å²) in [6.45, 7) is 0.275. The predicted molar refractivity (Wildman–Crippen MR) is 65.3 cm³/mol. The standard InChI is InChI=1S/C13H14N2O4/c16-6-5-15(9-3-4-9)13(17)10-8-12(19-14-10)11-2-1-7-18-11/h1-2,7-9,16H,3-6H2. The van der Waals surface area contributed by atoms with Gasteiger partial charge in [-0.15, -0.1) is 0 Å². The van der Waals surface area contributed by atoms with Crippen LogP contribution in [0.5, 0.6) is 0 Å². The number of nitrogens with zero attached hydrogens (tertiary/aromatic N) is 2. The zero-order valence-corrected chi connectivity index (χ0v) is 10.3. The summed E-state index contributed by atoms with van der Waals surface area (Å²) < 4.78 is 10.3. The Morgan fingerprint density at radius 1 is 1.47 bits per heavy atom. The molecule has 0 spiro atoms. The Labute approximate surface area is 109 Å². The number of rotatable bonds is 5. The molecule has 1 aliphatic rings. The van der Waals surface area contributed by atoms with Crippen LogP contribution in [-0.2, 0) is 0 Å². The van der Waals surface area contributed by atoms with E-state index >= 15 is 0 Å². The van der Waals surface area contributed by atoms with Crippen LogP contribution >= 0.6 is 0 Å². The molecule has 0 aliphatic heterocycles. The lowest BCUT2D eigenvalue weighted by molar-refractivity contribution is 0.0697. The Hall–Kier alpha value is -2.08. The lowest BCUT2D eigenvalue weighted by Gasteiger charge is -2.19. The van der Waals surface area contributed by atoms with E-state index in [1.807, 2.05) is 0 Å². The van der Waals surface area contributed by atoms with Gasteiger partial charge in [-0.25, -0.2) is 0 Å². The molecule has 0 bridgehead atoms. The average Bonchev–Trinajstić information content (AvgIpc) is 2.95. The molecular formula is C13H14N2O4. The Bertz CT molecular complexity index is 557. The van der Waals surface area contributed by atoms with Crippen molar-refractivity contribution in [3.05, 3.63) is 30.2 Å². The Kier molecular flexibility index (Phi) is 3.08. The van der Waals surface area contributed by atoms with Gasteiger partial charge in [0.2, 0.25) is 5.76 Å². The SMILES string of the molecule is O=C(c1cc(-c2ccco2)on1)N(CCO)C1CC1. The zero-order valence-electron chi connectivity index (χ0n) is 10.3. The first-order valence-electron chi connectivity index (χ1n) is 6.22. The van der Waals surface area contributed by atoms with Crippen molar-refractivity contribution in [1.29, 1.82) is 0 Å². The second-order valence-corrected chi connectivity index (χ2v) is 4.51. The third-order valence-corrected chi connectivity index (χ3v) is 3.08. The molecule has 2 heterocycles. The van der Waals surface area contributed by atoms with Gasteiger partial charge >= 0.3 is 0 Å². The van der Waals surface area contributed by atoms with Crippen molar-refractivity contribution in [1.82, 2.24) is 10.1 Å². The molecule has 2 aromatic heterocycles. The van der Waals surface area contributed by atoms with Crippen molar-refractivity contribution in [2.45, 2.75) is 18.9 Å². The topological polar surface area (TPSA) is 79.7 Å². The minimum Gasteiger partial charge on any atom is -0.461 e. The summed E-state index contributed by atoms with van der Waals surface area (Å²) in [5.41, 5.74) is 0.242. The van der Waals surface area contributed by atoms with Gasteiger partial charge in [-0.3, -0.25) is 4.79 Å². The fraction of sp³-hybridized carbons (Fsp3) is 0.385. The highest BCUT2D eigenvalue weighted by Crippen LogP contribution is 2.28. The third-order valence-electron chi connectivity index (χ3n) is 3.08. The molecule has 100 valence electrons. The normalized spacial score (nSPS) is 14.6. The summed E-state index contributed by atoms with van der Waals surface area (Å²) in [7, 11) is 0. The Morgan fingerprint density at radius 2 is 2.32 bits per heavy atom. The van der Waals surface area contributed by atoms with Crippen molar-refractivity contribution in [3.8, 4) is 11.5 Å². The summed E-state index contributed by atoms with van der Waals surface area (Å²) in [5.74, 6) is 0.748. The van der Waals surface area contributed by atoms with Gasteiger partial charge in [0.05, 0.1) is 12.9 Å². The summed E-state index contributed by atoms with van der Waals surface area (Å²) >= 11 is 0. The third kappa shape index (κ3) is 2.39. The number of carbonyl (C=O) groups is 1. The number of aliphatic hydroxyl groups is 1. The fourth-order valence-corrected chi connectivity index (χ4v) is 2.00. The smallest absolute Gasteiger partial charge is 0.276 e. The van der Waals surface area contributed by atoms with Crippen molar-refractivity contribution in [2.75, 3.05) is 13.2 Å². The second-order valence-electron chi connectivity index (χ2n) is 4.51. The highest BCUT2D eigenvalue weighted by atomic mass is 16.5. The molecule has 6 nitrogen and oxygen atoms in total. The molecule has 2 aromatic rings. The van der Waals surface area contributed by atoms with E-state index in [2.05, 4.69) is 5.16 Å². The minimum atomic E-state index is -0.210. The quantitative estimate of drug-likeness (QED) is 0.883. The Morgan fingerprint density at radius 3 is 2.95 bits per heavy atom. The lowest BCUT2D eigenvalue weighted by Crippen LogP contribution is -2.35. The van der Waals surface area contributed by atoms with Crippen LogP contribution in [0, 0.1) is 0 Å². The first-order valence-corrected chi connectivity index (χ1v) is 6.22. The van der Waals surface area contributed by atoms with E-state index in [4.69, 9.17) is 14.0 Å². The molecule has 0 atom stereocenters. The van der Waals surface area contributed by atoms with E-state index in [9.17, 15) is 4.79 Å². The zero-order chi connectivity index (χ0) is 13.2. The van der Waals surface area contributed by atoms with Crippen LogP contribution in [0.4, 0.5) is 0 Å². The highest BCUT2D eigenvalue weighted by molar-refractivity contribution is 5.93. The number of carbonyl (C=O) groups excluding carboxylic acids is 1. The number of hydrogen-bond acceptors (Lipinski definition) is 5. The summed E-state index contributed by atoms with van der Waals surface area (Å²) in [5, 5.41) is 12.8. The van der Waals surface area contributed by atoms with Gasteiger partial charge in [0, 0.05) is 18.7 Å². The molecular weight excluding hydrogens is 248 g/mol. The molecule has 0 aromatic carbocycles. The molecule has 3 rings (SSSR count).